The number of rotatable bonds is 5. The van der Waals surface area contributed by atoms with Crippen LogP contribution in [0.4, 0.5) is 0 Å². The third-order valence-electron chi connectivity index (χ3n) is 3.97. The first kappa shape index (κ1) is 14.1. The molecule has 19 heavy (non-hydrogen) atoms. The molecule has 0 saturated heterocycles. The SMILES string of the molecule is CNC(C)CCCN1CCCc2ccccc2C1=O. The summed E-state index contributed by atoms with van der Waals surface area (Å²) in [6.07, 6.45) is 4.27. The van der Waals surface area contributed by atoms with Crippen LogP contribution in [0.15, 0.2) is 24.3 Å². The lowest BCUT2D eigenvalue weighted by molar-refractivity contribution is 0.0757. The zero-order valence-corrected chi connectivity index (χ0v) is 12.0. The molecule has 1 aromatic carbocycles. The van der Waals surface area contributed by atoms with Crippen LogP contribution in [0.5, 0.6) is 0 Å². The van der Waals surface area contributed by atoms with E-state index in [9.17, 15) is 4.79 Å². The Balaban J connectivity index is 1.97. The Bertz CT molecular complexity index is 431. The molecule has 1 heterocycles. The van der Waals surface area contributed by atoms with Crippen LogP contribution < -0.4 is 5.32 Å². The van der Waals surface area contributed by atoms with Gasteiger partial charge < -0.3 is 10.2 Å². The second-order valence-electron chi connectivity index (χ2n) is 5.38. The van der Waals surface area contributed by atoms with Crippen molar-refractivity contribution in [1.82, 2.24) is 10.2 Å². The minimum absolute atomic E-state index is 0.213. The first-order chi connectivity index (χ1) is 9.22. The fourth-order valence-corrected chi connectivity index (χ4v) is 2.63. The predicted octanol–water partition coefficient (Wildman–Crippen LogP) is 2.46. The van der Waals surface area contributed by atoms with Gasteiger partial charge in [0, 0.05) is 24.7 Å². The lowest BCUT2D eigenvalue weighted by Crippen LogP contribution is -2.33. The first-order valence-corrected chi connectivity index (χ1v) is 7.27. The zero-order chi connectivity index (χ0) is 13.7. The number of benzene rings is 1. The highest BCUT2D eigenvalue weighted by Crippen LogP contribution is 2.18. The lowest BCUT2D eigenvalue weighted by atomic mass is 10.0. The van der Waals surface area contributed by atoms with E-state index in [2.05, 4.69) is 18.3 Å². The predicted molar refractivity (Wildman–Crippen MR) is 78.4 cm³/mol. The molecular weight excluding hydrogens is 236 g/mol. The number of carbonyl (C=O) groups is 1. The molecule has 1 N–H and O–H groups in total. The van der Waals surface area contributed by atoms with Crippen molar-refractivity contribution in [1.29, 1.82) is 0 Å². The molecule has 1 aromatic rings. The third-order valence-corrected chi connectivity index (χ3v) is 3.97. The molecule has 0 aromatic heterocycles. The number of fused-ring (bicyclic) bond motifs is 1. The van der Waals surface area contributed by atoms with Gasteiger partial charge in [-0.3, -0.25) is 4.79 Å². The van der Waals surface area contributed by atoms with Gasteiger partial charge in [-0.05, 0) is 51.3 Å². The summed E-state index contributed by atoms with van der Waals surface area (Å²) in [5.41, 5.74) is 2.11. The van der Waals surface area contributed by atoms with Crippen molar-refractivity contribution in [3.63, 3.8) is 0 Å². The van der Waals surface area contributed by atoms with E-state index in [0.29, 0.717) is 6.04 Å². The van der Waals surface area contributed by atoms with E-state index in [1.165, 1.54) is 5.56 Å². The summed E-state index contributed by atoms with van der Waals surface area (Å²) in [7, 11) is 1.98. The largest absolute Gasteiger partial charge is 0.339 e. The molecule has 0 radical (unpaired) electrons. The van der Waals surface area contributed by atoms with Crippen LogP contribution in [-0.4, -0.2) is 37.0 Å². The van der Waals surface area contributed by atoms with Crippen molar-refractivity contribution in [3.8, 4) is 0 Å². The number of nitrogens with zero attached hydrogens (tertiary/aromatic N) is 1. The highest BCUT2D eigenvalue weighted by molar-refractivity contribution is 5.96. The van der Waals surface area contributed by atoms with Crippen molar-refractivity contribution in [2.75, 3.05) is 20.1 Å². The highest BCUT2D eigenvalue weighted by atomic mass is 16.2. The Morgan fingerprint density at radius 1 is 1.37 bits per heavy atom. The fraction of sp³-hybridized carbons (Fsp3) is 0.562. The van der Waals surface area contributed by atoms with Gasteiger partial charge in [-0.2, -0.15) is 0 Å². The average molecular weight is 260 g/mol. The summed E-state index contributed by atoms with van der Waals surface area (Å²) < 4.78 is 0. The number of hydrogen-bond donors (Lipinski definition) is 1. The van der Waals surface area contributed by atoms with Crippen molar-refractivity contribution < 1.29 is 4.79 Å². The molecule has 3 heteroatoms. The molecule has 1 unspecified atom stereocenters. The van der Waals surface area contributed by atoms with Crippen molar-refractivity contribution in [2.24, 2.45) is 0 Å². The van der Waals surface area contributed by atoms with E-state index < -0.39 is 0 Å². The van der Waals surface area contributed by atoms with Crippen LogP contribution >= 0.6 is 0 Å². The van der Waals surface area contributed by atoms with E-state index >= 15 is 0 Å². The minimum Gasteiger partial charge on any atom is -0.339 e. The molecule has 0 fully saturated rings. The summed E-state index contributed by atoms with van der Waals surface area (Å²) >= 11 is 0. The van der Waals surface area contributed by atoms with Crippen LogP contribution in [0.2, 0.25) is 0 Å². The lowest BCUT2D eigenvalue weighted by Gasteiger charge is -2.21. The molecule has 1 amide bonds. The van der Waals surface area contributed by atoms with Crippen molar-refractivity contribution >= 4 is 5.91 Å². The van der Waals surface area contributed by atoms with E-state index in [1.54, 1.807) is 0 Å². The monoisotopic (exact) mass is 260 g/mol. The Hall–Kier alpha value is -1.35. The Labute approximate surface area is 116 Å². The third kappa shape index (κ3) is 3.57. The van der Waals surface area contributed by atoms with E-state index in [4.69, 9.17) is 0 Å². The molecule has 0 bridgehead atoms. The topological polar surface area (TPSA) is 32.3 Å². The number of hydrogen-bond acceptors (Lipinski definition) is 2. The van der Waals surface area contributed by atoms with Gasteiger partial charge >= 0.3 is 0 Å². The van der Waals surface area contributed by atoms with Crippen LogP contribution in [0, 0.1) is 0 Å². The van der Waals surface area contributed by atoms with Crippen molar-refractivity contribution in [3.05, 3.63) is 35.4 Å². The Morgan fingerprint density at radius 3 is 2.95 bits per heavy atom. The van der Waals surface area contributed by atoms with Gasteiger partial charge in [-0.1, -0.05) is 18.2 Å². The Morgan fingerprint density at radius 2 is 2.16 bits per heavy atom. The molecule has 0 spiro atoms. The summed E-state index contributed by atoms with van der Waals surface area (Å²) in [5.74, 6) is 0.213. The highest BCUT2D eigenvalue weighted by Gasteiger charge is 2.21. The van der Waals surface area contributed by atoms with Crippen LogP contribution in [0.1, 0.15) is 42.1 Å². The summed E-state index contributed by atoms with van der Waals surface area (Å²) in [5, 5.41) is 3.24. The molecule has 1 aliphatic rings. The zero-order valence-electron chi connectivity index (χ0n) is 12.0. The van der Waals surface area contributed by atoms with E-state index in [0.717, 1.165) is 44.3 Å². The number of nitrogens with one attached hydrogen (secondary N) is 1. The van der Waals surface area contributed by atoms with E-state index in [-0.39, 0.29) is 5.91 Å². The number of amides is 1. The number of aryl methyl sites for hydroxylation is 1. The molecular formula is C16H24N2O. The summed E-state index contributed by atoms with van der Waals surface area (Å²) in [4.78, 5) is 14.5. The second kappa shape index (κ2) is 6.71. The minimum atomic E-state index is 0.213. The second-order valence-corrected chi connectivity index (χ2v) is 5.38. The smallest absolute Gasteiger partial charge is 0.254 e. The van der Waals surface area contributed by atoms with Crippen LogP contribution in [0.3, 0.4) is 0 Å². The van der Waals surface area contributed by atoms with Crippen LogP contribution in [0.25, 0.3) is 0 Å². The molecule has 2 rings (SSSR count). The van der Waals surface area contributed by atoms with Crippen LogP contribution in [-0.2, 0) is 6.42 Å². The molecule has 3 nitrogen and oxygen atoms in total. The maximum Gasteiger partial charge on any atom is 0.254 e. The van der Waals surface area contributed by atoms with Gasteiger partial charge in [0.2, 0.25) is 0 Å². The van der Waals surface area contributed by atoms with Gasteiger partial charge in [0.15, 0.2) is 0 Å². The first-order valence-electron chi connectivity index (χ1n) is 7.27. The molecule has 0 saturated carbocycles. The average Bonchev–Trinajstić information content (AvgIpc) is 2.59. The van der Waals surface area contributed by atoms with E-state index in [1.807, 2.05) is 30.1 Å². The van der Waals surface area contributed by atoms with Gasteiger partial charge in [0.1, 0.15) is 0 Å². The summed E-state index contributed by atoms with van der Waals surface area (Å²) in [6, 6.07) is 8.56. The fourth-order valence-electron chi connectivity index (χ4n) is 2.63. The van der Waals surface area contributed by atoms with Crippen molar-refractivity contribution in [2.45, 2.75) is 38.6 Å². The standard InChI is InChI=1S/C16H24N2O/c1-13(17-2)7-5-11-18-12-6-9-14-8-3-4-10-15(14)16(18)19/h3-4,8,10,13,17H,5-7,9,11-12H2,1-2H3. The van der Waals surface area contributed by atoms with Gasteiger partial charge in [-0.15, -0.1) is 0 Å². The molecule has 1 atom stereocenters. The van der Waals surface area contributed by atoms with Gasteiger partial charge in [-0.25, -0.2) is 0 Å². The maximum atomic E-state index is 12.5. The molecule has 1 aliphatic heterocycles. The normalized spacial score (nSPS) is 16.9. The molecule has 104 valence electrons. The van der Waals surface area contributed by atoms with Gasteiger partial charge in [0.05, 0.1) is 0 Å². The number of carbonyl (C=O) groups excluding carboxylic acids is 1. The van der Waals surface area contributed by atoms with Gasteiger partial charge in [0.25, 0.3) is 5.91 Å². The summed E-state index contributed by atoms with van der Waals surface area (Å²) in [6.45, 7) is 3.94. The Kier molecular flexibility index (Phi) is 4.97. The molecule has 0 aliphatic carbocycles. The quantitative estimate of drug-likeness (QED) is 0.882. The maximum absolute atomic E-state index is 12.5.